The molecule has 2 nitrogen and oxygen atoms in total. The molecule has 2 heterocycles. The van der Waals surface area contributed by atoms with Crippen LogP contribution in [0.15, 0.2) is 0 Å². The van der Waals surface area contributed by atoms with Crippen LogP contribution in [0.2, 0.25) is 0 Å². The lowest BCUT2D eigenvalue weighted by Gasteiger charge is -2.28. The molecule has 3 atom stereocenters. The lowest BCUT2D eigenvalue weighted by molar-refractivity contribution is 0.0993. The summed E-state index contributed by atoms with van der Waals surface area (Å²) in [4.78, 5) is 1.75. The first-order valence-electron chi connectivity index (χ1n) is 4.30. The number of aliphatic hydroxyl groups excluding tert-OH is 1. The van der Waals surface area contributed by atoms with Crippen molar-refractivity contribution in [2.75, 3.05) is 19.7 Å². The van der Waals surface area contributed by atoms with Crippen molar-refractivity contribution in [3.8, 4) is 0 Å². The molecule has 2 fully saturated rings. The minimum atomic E-state index is -0.885. The first-order valence-corrected chi connectivity index (χ1v) is 4.30. The van der Waals surface area contributed by atoms with Crippen molar-refractivity contribution in [3.63, 3.8) is 0 Å². The van der Waals surface area contributed by atoms with Gasteiger partial charge in [0.15, 0.2) is 0 Å². The van der Waals surface area contributed by atoms with E-state index >= 15 is 0 Å². The van der Waals surface area contributed by atoms with E-state index < -0.39 is 17.9 Å². The predicted molar refractivity (Wildman–Crippen MR) is 40.4 cm³/mol. The summed E-state index contributed by atoms with van der Waals surface area (Å²) in [5.74, 6) is 0. The third-order valence-corrected chi connectivity index (χ3v) is 3.01. The molecule has 2 aliphatic rings. The first-order chi connectivity index (χ1) is 5.66. The van der Waals surface area contributed by atoms with Crippen LogP contribution in [0.5, 0.6) is 0 Å². The van der Waals surface area contributed by atoms with Gasteiger partial charge in [-0.15, -0.1) is 0 Å². The smallest absolute Gasteiger partial charge is 0.115 e. The Balaban J connectivity index is 2.16. The second kappa shape index (κ2) is 2.64. The number of nitrogens with zero attached hydrogens (tertiary/aromatic N) is 1. The molecule has 2 aliphatic heterocycles. The Morgan fingerprint density at radius 2 is 1.75 bits per heavy atom. The van der Waals surface area contributed by atoms with E-state index in [0.717, 1.165) is 0 Å². The maximum absolute atomic E-state index is 12.9. The van der Waals surface area contributed by atoms with Crippen molar-refractivity contribution in [1.29, 1.82) is 0 Å². The molecule has 70 valence electrons. The van der Waals surface area contributed by atoms with Crippen molar-refractivity contribution < 1.29 is 13.9 Å². The minimum Gasteiger partial charge on any atom is -0.394 e. The van der Waals surface area contributed by atoms with Crippen molar-refractivity contribution in [2.24, 2.45) is 0 Å². The van der Waals surface area contributed by atoms with Gasteiger partial charge < -0.3 is 5.11 Å². The lowest BCUT2D eigenvalue weighted by atomic mass is 9.94. The summed E-state index contributed by atoms with van der Waals surface area (Å²) >= 11 is 0. The van der Waals surface area contributed by atoms with Crippen LogP contribution in [0, 0.1) is 0 Å². The molecule has 4 heteroatoms. The standard InChI is InChI=1S/C8H13F2NO/c9-6-1-8(5-12)2-7(10)4-11(8)3-6/h6-7,12H,1-5H2/t6-,7?,8+/m0/s1. The minimum absolute atomic E-state index is 0.117. The van der Waals surface area contributed by atoms with Crippen LogP contribution >= 0.6 is 0 Å². The number of hydrogen-bond acceptors (Lipinski definition) is 2. The molecule has 0 spiro atoms. The summed E-state index contributed by atoms with van der Waals surface area (Å²) in [7, 11) is 0. The molecule has 0 aliphatic carbocycles. The fourth-order valence-corrected chi connectivity index (χ4v) is 2.46. The highest BCUT2D eigenvalue weighted by atomic mass is 19.1. The van der Waals surface area contributed by atoms with Gasteiger partial charge in [0, 0.05) is 31.5 Å². The third kappa shape index (κ3) is 1.05. The van der Waals surface area contributed by atoms with E-state index in [1.807, 2.05) is 0 Å². The number of hydrogen-bond donors (Lipinski definition) is 1. The maximum atomic E-state index is 12.9. The van der Waals surface area contributed by atoms with E-state index in [-0.39, 0.29) is 6.61 Å². The van der Waals surface area contributed by atoms with Gasteiger partial charge in [0.1, 0.15) is 12.3 Å². The Morgan fingerprint density at radius 1 is 1.25 bits per heavy atom. The summed E-state index contributed by atoms with van der Waals surface area (Å²) in [5, 5.41) is 9.09. The van der Waals surface area contributed by atoms with E-state index in [1.54, 1.807) is 4.90 Å². The van der Waals surface area contributed by atoms with Gasteiger partial charge in [-0.2, -0.15) is 0 Å². The Labute approximate surface area is 70.2 Å². The van der Waals surface area contributed by atoms with Crippen molar-refractivity contribution in [3.05, 3.63) is 0 Å². The molecule has 0 amide bonds. The van der Waals surface area contributed by atoms with Crippen molar-refractivity contribution >= 4 is 0 Å². The Hall–Kier alpha value is -0.220. The molecule has 2 rings (SSSR count). The van der Waals surface area contributed by atoms with Gasteiger partial charge in [-0.05, 0) is 0 Å². The van der Waals surface area contributed by atoms with Crippen molar-refractivity contribution in [2.45, 2.75) is 30.7 Å². The van der Waals surface area contributed by atoms with E-state index in [1.165, 1.54) is 0 Å². The van der Waals surface area contributed by atoms with Gasteiger partial charge in [0.25, 0.3) is 0 Å². The van der Waals surface area contributed by atoms with Crippen LogP contribution in [-0.4, -0.2) is 47.6 Å². The highest BCUT2D eigenvalue weighted by Gasteiger charge is 2.51. The zero-order valence-corrected chi connectivity index (χ0v) is 6.84. The van der Waals surface area contributed by atoms with E-state index in [9.17, 15) is 8.78 Å². The van der Waals surface area contributed by atoms with Gasteiger partial charge >= 0.3 is 0 Å². The van der Waals surface area contributed by atoms with Gasteiger partial charge in [0.2, 0.25) is 0 Å². The molecule has 12 heavy (non-hydrogen) atoms. The fraction of sp³-hybridized carbons (Fsp3) is 1.00. The first kappa shape index (κ1) is 8.38. The summed E-state index contributed by atoms with van der Waals surface area (Å²) < 4.78 is 25.9. The average Bonchev–Trinajstić information content (AvgIpc) is 2.40. The number of halogens is 2. The molecule has 0 radical (unpaired) electrons. The van der Waals surface area contributed by atoms with E-state index in [2.05, 4.69) is 0 Å². The number of fused-ring (bicyclic) bond motifs is 1. The molecule has 0 aromatic heterocycles. The van der Waals surface area contributed by atoms with E-state index in [4.69, 9.17) is 5.11 Å². The van der Waals surface area contributed by atoms with Crippen LogP contribution in [0.3, 0.4) is 0 Å². The highest BCUT2D eigenvalue weighted by Crippen LogP contribution is 2.40. The van der Waals surface area contributed by atoms with Gasteiger partial charge in [0.05, 0.1) is 6.61 Å². The predicted octanol–water partition coefficient (Wildman–Crippen LogP) is 0.503. The van der Waals surface area contributed by atoms with Gasteiger partial charge in [-0.3, -0.25) is 4.90 Å². The Morgan fingerprint density at radius 3 is 2.08 bits per heavy atom. The molecule has 1 unspecified atom stereocenters. The van der Waals surface area contributed by atoms with Crippen molar-refractivity contribution in [1.82, 2.24) is 4.90 Å². The summed E-state index contributed by atoms with van der Waals surface area (Å²) in [6.45, 7) is 0.468. The molecule has 0 aromatic rings. The largest absolute Gasteiger partial charge is 0.394 e. The zero-order valence-electron chi connectivity index (χ0n) is 6.84. The summed E-state index contributed by atoms with van der Waals surface area (Å²) in [6.07, 6.45) is -1.18. The molecule has 0 bridgehead atoms. The quantitative estimate of drug-likeness (QED) is 0.630. The Kier molecular flexibility index (Phi) is 1.84. The van der Waals surface area contributed by atoms with Crippen LogP contribution in [-0.2, 0) is 0 Å². The zero-order chi connectivity index (χ0) is 8.77. The highest BCUT2D eigenvalue weighted by molar-refractivity contribution is 5.06. The van der Waals surface area contributed by atoms with Crippen LogP contribution in [0.4, 0.5) is 8.78 Å². The Bertz CT molecular complexity index is 174. The topological polar surface area (TPSA) is 23.5 Å². The molecular formula is C8H13F2NO. The summed E-state index contributed by atoms with van der Waals surface area (Å²) in [6, 6.07) is 0. The number of alkyl halides is 2. The fourth-order valence-electron chi connectivity index (χ4n) is 2.46. The summed E-state index contributed by atoms with van der Waals surface area (Å²) in [5.41, 5.74) is -0.571. The molecular weight excluding hydrogens is 164 g/mol. The number of aliphatic hydroxyl groups is 1. The van der Waals surface area contributed by atoms with Crippen LogP contribution in [0.25, 0.3) is 0 Å². The molecule has 2 saturated heterocycles. The number of rotatable bonds is 1. The van der Waals surface area contributed by atoms with Gasteiger partial charge in [-0.1, -0.05) is 0 Å². The third-order valence-electron chi connectivity index (χ3n) is 3.01. The van der Waals surface area contributed by atoms with E-state index in [0.29, 0.717) is 25.9 Å². The molecule has 1 N–H and O–H groups in total. The van der Waals surface area contributed by atoms with Crippen LogP contribution < -0.4 is 0 Å². The maximum Gasteiger partial charge on any atom is 0.115 e. The second-order valence-electron chi connectivity index (χ2n) is 3.89. The normalized spacial score (nSPS) is 48.2. The van der Waals surface area contributed by atoms with Crippen LogP contribution in [0.1, 0.15) is 12.8 Å². The molecule has 0 aromatic carbocycles. The van der Waals surface area contributed by atoms with Gasteiger partial charge in [-0.25, -0.2) is 8.78 Å². The second-order valence-corrected chi connectivity index (χ2v) is 3.89. The lowest BCUT2D eigenvalue weighted by Crippen LogP contribution is -2.41. The SMILES string of the molecule is OC[C@@]12CC(F)CN1C[C@@H](F)C2. The molecule has 0 saturated carbocycles. The monoisotopic (exact) mass is 177 g/mol. The average molecular weight is 177 g/mol.